The Bertz CT molecular complexity index is 536. The zero-order valence-electron chi connectivity index (χ0n) is 14.2. The van der Waals surface area contributed by atoms with Crippen molar-refractivity contribution in [1.29, 1.82) is 0 Å². The van der Waals surface area contributed by atoms with Crippen LogP contribution in [-0.4, -0.2) is 6.10 Å². The van der Waals surface area contributed by atoms with E-state index in [4.69, 9.17) is 4.52 Å². The van der Waals surface area contributed by atoms with Crippen LogP contribution in [0.3, 0.4) is 0 Å². The summed E-state index contributed by atoms with van der Waals surface area (Å²) in [6.07, 6.45) is 5.38. The molecule has 0 N–H and O–H groups in total. The lowest BCUT2D eigenvalue weighted by atomic mass is 9.75. The molecule has 0 spiro atoms. The summed E-state index contributed by atoms with van der Waals surface area (Å²) in [6, 6.07) is 9.63. The zero-order chi connectivity index (χ0) is 16.2. The van der Waals surface area contributed by atoms with E-state index >= 15 is 0 Å². The van der Waals surface area contributed by atoms with E-state index in [0.29, 0.717) is 17.8 Å². The Morgan fingerprint density at radius 1 is 1.23 bits per heavy atom. The van der Waals surface area contributed by atoms with Crippen LogP contribution >= 0.6 is 7.37 Å². The smallest absolute Gasteiger partial charge is 0.254 e. The first-order chi connectivity index (χ1) is 10.5. The predicted octanol–water partition coefficient (Wildman–Crippen LogP) is 5.60. The fraction of sp³-hybridized carbons (Fsp3) is 0.579. The van der Waals surface area contributed by atoms with Crippen molar-refractivity contribution in [2.75, 3.05) is 0 Å². The Balaban J connectivity index is 2.28. The summed E-state index contributed by atoms with van der Waals surface area (Å²) >= 11 is 0. The first kappa shape index (κ1) is 17.5. The van der Waals surface area contributed by atoms with Gasteiger partial charge in [-0.25, -0.2) is 0 Å². The molecule has 0 bridgehead atoms. The van der Waals surface area contributed by atoms with Gasteiger partial charge in [0.1, 0.15) is 0 Å². The van der Waals surface area contributed by atoms with E-state index in [1.807, 2.05) is 43.3 Å². The van der Waals surface area contributed by atoms with Crippen molar-refractivity contribution in [3.63, 3.8) is 0 Å². The van der Waals surface area contributed by atoms with Gasteiger partial charge in [-0.3, -0.25) is 4.57 Å². The van der Waals surface area contributed by atoms with Gasteiger partial charge in [0.15, 0.2) is 0 Å². The quantitative estimate of drug-likeness (QED) is 0.660. The maximum atomic E-state index is 13.4. The van der Waals surface area contributed by atoms with E-state index in [1.165, 1.54) is 12.8 Å². The van der Waals surface area contributed by atoms with Crippen LogP contribution in [0.15, 0.2) is 42.2 Å². The van der Waals surface area contributed by atoms with E-state index < -0.39 is 7.37 Å². The third kappa shape index (κ3) is 4.12. The Hall–Kier alpha value is -0.850. The molecule has 4 atom stereocenters. The molecule has 1 saturated carbocycles. The molecule has 122 valence electrons. The maximum absolute atomic E-state index is 13.4. The van der Waals surface area contributed by atoms with Crippen LogP contribution in [-0.2, 0) is 9.09 Å². The number of hydrogen-bond acceptors (Lipinski definition) is 2. The summed E-state index contributed by atoms with van der Waals surface area (Å²) < 4.78 is 19.8. The van der Waals surface area contributed by atoms with Crippen molar-refractivity contribution >= 4 is 12.7 Å². The highest BCUT2D eigenvalue weighted by molar-refractivity contribution is 7.70. The molecule has 0 aromatic heterocycles. The lowest BCUT2D eigenvalue weighted by Gasteiger charge is -2.38. The normalized spacial score (nSPS) is 28.9. The van der Waals surface area contributed by atoms with Gasteiger partial charge < -0.3 is 4.52 Å². The molecule has 0 heterocycles. The number of rotatable bonds is 5. The molecule has 2 rings (SSSR count). The second-order valence-electron chi connectivity index (χ2n) is 6.88. The fourth-order valence-electron chi connectivity index (χ4n) is 3.45. The Morgan fingerprint density at radius 2 is 1.91 bits per heavy atom. The average Bonchev–Trinajstić information content (AvgIpc) is 2.48. The van der Waals surface area contributed by atoms with Gasteiger partial charge in [-0.1, -0.05) is 51.5 Å². The maximum Gasteiger partial charge on any atom is 0.254 e. The van der Waals surface area contributed by atoms with Gasteiger partial charge in [0.05, 0.1) is 6.10 Å². The van der Waals surface area contributed by atoms with Gasteiger partial charge >= 0.3 is 0 Å². The molecule has 0 saturated heterocycles. The van der Waals surface area contributed by atoms with E-state index in [9.17, 15) is 4.57 Å². The molecular formula is C19H29O2P. The highest BCUT2D eigenvalue weighted by atomic mass is 31.2. The molecular weight excluding hydrogens is 291 g/mol. The van der Waals surface area contributed by atoms with E-state index in [0.717, 1.165) is 11.7 Å². The van der Waals surface area contributed by atoms with Crippen molar-refractivity contribution in [3.05, 3.63) is 42.2 Å². The highest BCUT2D eigenvalue weighted by Crippen LogP contribution is 2.52. The zero-order valence-corrected chi connectivity index (χ0v) is 15.1. The minimum absolute atomic E-state index is 0.0889. The molecule has 22 heavy (non-hydrogen) atoms. The van der Waals surface area contributed by atoms with Crippen LogP contribution in [0.5, 0.6) is 0 Å². The third-order valence-corrected chi connectivity index (χ3v) is 7.01. The Labute approximate surface area is 135 Å². The summed E-state index contributed by atoms with van der Waals surface area (Å²) in [4.78, 5) is 0. The van der Waals surface area contributed by atoms with Crippen LogP contribution in [0.2, 0.25) is 0 Å². The van der Waals surface area contributed by atoms with Gasteiger partial charge in [-0.2, -0.15) is 0 Å². The topological polar surface area (TPSA) is 26.3 Å². The summed E-state index contributed by atoms with van der Waals surface area (Å²) in [7, 11) is -2.92. The van der Waals surface area contributed by atoms with Gasteiger partial charge in [0.25, 0.3) is 7.37 Å². The van der Waals surface area contributed by atoms with Gasteiger partial charge in [-0.15, -0.1) is 0 Å². The number of allylic oxidation sites excluding steroid dienone is 1. The van der Waals surface area contributed by atoms with Gasteiger partial charge in [0, 0.05) is 11.1 Å². The Morgan fingerprint density at radius 3 is 2.50 bits per heavy atom. The van der Waals surface area contributed by atoms with Crippen molar-refractivity contribution in [2.45, 2.75) is 53.1 Å². The van der Waals surface area contributed by atoms with Crippen molar-refractivity contribution < 1.29 is 9.09 Å². The lowest BCUT2D eigenvalue weighted by Crippen LogP contribution is -2.34. The summed E-state index contributed by atoms with van der Waals surface area (Å²) in [5.41, 5.74) is 0. The minimum Gasteiger partial charge on any atom is -0.319 e. The molecule has 0 aliphatic heterocycles. The molecule has 1 aromatic rings. The molecule has 1 aliphatic carbocycles. The van der Waals surface area contributed by atoms with E-state index in [-0.39, 0.29) is 6.10 Å². The standard InChI is InChI=1S/C19H29O2P/c1-5-13-22(20,17-9-7-6-8-10-17)21-19-14-16(4)11-12-18(19)15(2)3/h5-10,13,15-16,18-19H,11-12,14H2,1-4H3/b13-5+/t16-,18+,19-,22-/m1/s1. The molecule has 1 aliphatic rings. The van der Waals surface area contributed by atoms with Crippen molar-refractivity contribution in [3.8, 4) is 0 Å². The first-order valence-electron chi connectivity index (χ1n) is 8.44. The average molecular weight is 320 g/mol. The highest BCUT2D eigenvalue weighted by Gasteiger charge is 2.36. The number of hydrogen-bond donors (Lipinski definition) is 0. The lowest BCUT2D eigenvalue weighted by molar-refractivity contribution is 0.0512. The minimum atomic E-state index is -2.92. The van der Waals surface area contributed by atoms with Gasteiger partial charge in [-0.05, 0) is 49.7 Å². The molecule has 2 nitrogen and oxygen atoms in total. The summed E-state index contributed by atoms with van der Waals surface area (Å²) in [6.45, 7) is 8.68. The number of benzene rings is 1. The van der Waals surface area contributed by atoms with Crippen LogP contribution in [0.1, 0.15) is 47.0 Å². The largest absolute Gasteiger partial charge is 0.319 e. The summed E-state index contributed by atoms with van der Waals surface area (Å²) in [5, 5.41) is 0.800. The van der Waals surface area contributed by atoms with E-state index in [1.54, 1.807) is 5.82 Å². The second-order valence-corrected chi connectivity index (χ2v) is 9.10. The SMILES string of the molecule is C/C=C/[P@@](=O)(O[C@@H]1C[C@H](C)CC[C@H]1C(C)C)c1ccccc1. The second kappa shape index (κ2) is 7.62. The van der Waals surface area contributed by atoms with Crippen LogP contribution in [0.25, 0.3) is 0 Å². The van der Waals surface area contributed by atoms with Crippen LogP contribution in [0.4, 0.5) is 0 Å². The molecule has 3 heteroatoms. The first-order valence-corrected chi connectivity index (χ1v) is 10.1. The van der Waals surface area contributed by atoms with Crippen molar-refractivity contribution in [2.24, 2.45) is 17.8 Å². The molecule has 0 radical (unpaired) electrons. The van der Waals surface area contributed by atoms with E-state index in [2.05, 4.69) is 20.8 Å². The Kier molecular flexibility index (Phi) is 6.06. The van der Waals surface area contributed by atoms with Crippen LogP contribution in [0, 0.1) is 17.8 Å². The fourth-order valence-corrected chi connectivity index (χ4v) is 5.44. The third-order valence-electron chi connectivity index (χ3n) is 4.71. The monoisotopic (exact) mass is 320 g/mol. The van der Waals surface area contributed by atoms with Crippen molar-refractivity contribution in [1.82, 2.24) is 0 Å². The molecule has 1 fully saturated rings. The van der Waals surface area contributed by atoms with Crippen LogP contribution < -0.4 is 5.30 Å². The molecule has 0 unspecified atom stereocenters. The molecule has 1 aromatic carbocycles. The predicted molar refractivity (Wildman–Crippen MR) is 94.7 cm³/mol. The summed E-state index contributed by atoms with van der Waals surface area (Å²) in [5.74, 6) is 3.47. The molecule has 0 amide bonds. The van der Waals surface area contributed by atoms with Gasteiger partial charge in [0.2, 0.25) is 0 Å².